The Morgan fingerprint density at radius 3 is 2.81 bits per heavy atom. The first-order valence-electron chi connectivity index (χ1n) is 7.79. The van der Waals surface area contributed by atoms with Gasteiger partial charge in [-0.15, -0.1) is 0 Å². The molecule has 4 nitrogen and oxygen atoms in total. The number of piperazine rings is 1. The number of rotatable bonds is 3. The molecule has 2 aliphatic rings. The van der Waals surface area contributed by atoms with E-state index in [1.165, 1.54) is 11.3 Å². The van der Waals surface area contributed by atoms with Crippen molar-refractivity contribution >= 4 is 17.3 Å². The van der Waals surface area contributed by atoms with Crippen molar-refractivity contribution in [1.82, 2.24) is 10.2 Å². The van der Waals surface area contributed by atoms with E-state index in [9.17, 15) is 0 Å². The van der Waals surface area contributed by atoms with Crippen molar-refractivity contribution in [3.8, 4) is 0 Å². The quantitative estimate of drug-likeness (QED) is 0.924. The van der Waals surface area contributed by atoms with E-state index in [1.807, 2.05) is 0 Å². The molecule has 0 saturated carbocycles. The summed E-state index contributed by atoms with van der Waals surface area (Å²) >= 11 is 6.50. The maximum absolute atomic E-state index is 6.50. The number of hydrogen-bond acceptors (Lipinski definition) is 4. The summed E-state index contributed by atoms with van der Waals surface area (Å²) in [4.78, 5) is 4.81. The number of halogens is 1. The van der Waals surface area contributed by atoms with Crippen LogP contribution in [0.3, 0.4) is 0 Å². The SMILES string of the molecule is C[C@H]1CN(Cc2ccc(N3CCOCC3)cc2Cl)CCN1. The molecule has 1 N–H and O–H groups in total. The van der Waals surface area contributed by atoms with E-state index in [2.05, 4.69) is 40.2 Å². The molecule has 0 aromatic heterocycles. The number of hydrogen-bond donors (Lipinski definition) is 1. The maximum atomic E-state index is 6.50. The first-order chi connectivity index (χ1) is 10.2. The highest BCUT2D eigenvalue weighted by molar-refractivity contribution is 6.31. The third-order valence-corrected chi connectivity index (χ3v) is 4.61. The van der Waals surface area contributed by atoms with Gasteiger partial charge in [0.25, 0.3) is 0 Å². The van der Waals surface area contributed by atoms with Crippen molar-refractivity contribution in [2.45, 2.75) is 19.5 Å². The van der Waals surface area contributed by atoms with E-state index in [-0.39, 0.29) is 0 Å². The summed E-state index contributed by atoms with van der Waals surface area (Å²) in [5.74, 6) is 0. The van der Waals surface area contributed by atoms with Crippen LogP contribution in [0.5, 0.6) is 0 Å². The lowest BCUT2D eigenvalue weighted by atomic mass is 10.1. The Labute approximate surface area is 132 Å². The van der Waals surface area contributed by atoms with Gasteiger partial charge in [-0.3, -0.25) is 4.90 Å². The normalized spacial score (nSPS) is 24.3. The molecule has 3 rings (SSSR count). The minimum atomic E-state index is 0.560. The summed E-state index contributed by atoms with van der Waals surface area (Å²) < 4.78 is 5.40. The number of ether oxygens (including phenoxy) is 1. The van der Waals surface area contributed by atoms with Gasteiger partial charge in [-0.1, -0.05) is 17.7 Å². The summed E-state index contributed by atoms with van der Waals surface area (Å²) in [6.07, 6.45) is 0. The van der Waals surface area contributed by atoms with Gasteiger partial charge in [0.1, 0.15) is 0 Å². The van der Waals surface area contributed by atoms with Gasteiger partial charge in [-0.25, -0.2) is 0 Å². The molecule has 2 saturated heterocycles. The van der Waals surface area contributed by atoms with E-state index in [0.29, 0.717) is 6.04 Å². The van der Waals surface area contributed by atoms with Gasteiger partial charge in [-0.05, 0) is 24.6 Å². The minimum absolute atomic E-state index is 0.560. The van der Waals surface area contributed by atoms with Gasteiger partial charge in [-0.2, -0.15) is 0 Å². The van der Waals surface area contributed by atoms with Crippen LogP contribution in [0.25, 0.3) is 0 Å². The molecule has 0 aliphatic carbocycles. The van der Waals surface area contributed by atoms with Gasteiger partial charge in [0.2, 0.25) is 0 Å². The van der Waals surface area contributed by atoms with Crippen LogP contribution in [0.15, 0.2) is 18.2 Å². The highest BCUT2D eigenvalue weighted by atomic mass is 35.5. The van der Waals surface area contributed by atoms with Gasteiger partial charge < -0.3 is 15.0 Å². The fraction of sp³-hybridized carbons (Fsp3) is 0.625. The van der Waals surface area contributed by atoms with Crippen molar-refractivity contribution in [2.75, 3.05) is 50.8 Å². The summed E-state index contributed by atoms with van der Waals surface area (Å²) in [7, 11) is 0. The number of nitrogens with one attached hydrogen (secondary N) is 1. The van der Waals surface area contributed by atoms with Crippen LogP contribution >= 0.6 is 11.6 Å². The van der Waals surface area contributed by atoms with Crippen molar-refractivity contribution in [2.24, 2.45) is 0 Å². The molecule has 2 aliphatic heterocycles. The second-order valence-electron chi connectivity index (χ2n) is 5.97. The standard InChI is InChI=1S/C16H24ClN3O/c1-13-11-19(5-4-18-13)12-14-2-3-15(10-16(14)17)20-6-8-21-9-7-20/h2-3,10,13,18H,4-9,11-12H2,1H3/t13-/m0/s1. The Bertz CT molecular complexity index is 477. The third-order valence-electron chi connectivity index (χ3n) is 4.26. The lowest BCUT2D eigenvalue weighted by Gasteiger charge is -2.32. The zero-order valence-corrected chi connectivity index (χ0v) is 13.4. The van der Waals surface area contributed by atoms with E-state index < -0.39 is 0 Å². The van der Waals surface area contributed by atoms with Crippen LogP contribution in [0, 0.1) is 0 Å². The minimum Gasteiger partial charge on any atom is -0.378 e. The maximum Gasteiger partial charge on any atom is 0.0642 e. The van der Waals surface area contributed by atoms with E-state index in [4.69, 9.17) is 16.3 Å². The average molecular weight is 310 g/mol. The Kier molecular flexibility index (Phi) is 5.01. The first-order valence-corrected chi connectivity index (χ1v) is 8.17. The lowest BCUT2D eigenvalue weighted by Crippen LogP contribution is -2.48. The second kappa shape index (κ2) is 6.97. The van der Waals surface area contributed by atoms with Crippen molar-refractivity contribution in [3.05, 3.63) is 28.8 Å². The van der Waals surface area contributed by atoms with E-state index in [1.54, 1.807) is 0 Å². The molecule has 0 bridgehead atoms. The summed E-state index contributed by atoms with van der Waals surface area (Å²) in [6.45, 7) is 9.91. The first kappa shape index (κ1) is 15.1. The molecule has 1 aromatic carbocycles. The van der Waals surface area contributed by atoms with Crippen LogP contribution in [-0.2, 0) is 11.3 Å². The van der Waals surface area contributed by atoms with Crippen molar-refractivity contribution < 1.29 is 4.74 Å². The van der Waals surface area contributed by atoms with Gasteiger partial charge >= 0.3 is 0 Å². The number of morpholine rings is 1. The third kappa shape index (κ3) is 3.89. The smallest absolute Gasteiger partial charge is 0.0642 e. The van der Waals surface area contributed by atoms with Gasteiger partial charge in [0.05, 0.1) is 13.2 Å². The molecule has 21 heavy (non-hydrogen) atoms. The van der Waals surface area contributed by atoms with E-state index in [0.717, 1.165) is 57.5 Å². The van der Waals surface area contributed by atoms with Crippen LogP contribution in [0.4, 0.5) is 5.69 Å². The number of benzene rings is 1. The molecule has 5 heteroatoms. The molecular formula is C16H24ClN3O. The van der Waals surface area contributed by atoms with Gasteiger partial charge in [0.15, 0.2) is 0 Å². The zero-order chi connectivity index (χ0) is 14.7. The highest BCUT2D eigenvalue weighted by Gasteiger charge is 2.17. The molecule has 0 amide bonds. The summed E-state index contributed by atoms with van der Waals surface area (Å²) in [5.41, 5.74) is 2.43. The average Bonchev–Trinajstić information content (AvgIpc) is 2.50. The lowest BCUT2D eigenvalue weighted by molar-refractivity contribution is 0.122. The predicted octanol–water partition coefficient (Wildman–Crippen LogP) is 1.97. The Hall–Kier alpha value is -0.810. The van der Waals surface area contributed by atoms with Crippen LogP contribution < -0.4 is 10.2 Å². The molecule has 0 unspecified atom stereocenters. The number of nitrogens with zero attached hydrogens (tertiary/aromatic N) is 2. The topological polar surface area (TPSA) is 27.7 Å². The Morgan fingerprint density at radius 2 is 2.10 bits per heavy atom. The summed E-state index contributed by atoms with van der Waals surface area (Å²) in [5, 5.41) is 4.35. The predicted molar refractivity (Wildman–Crippen MR) is 87.2 cm³/mol. The zero-order valence-electron chi connectivity index (χ0n) is 12.6. The largest absolute Gasteiger partial charge is 0.378 e. The molecule has 2 fully saturated rings. The molecule has 1 atom stereocenters. The number of anilines is 1. The van der Waals surface area contributed by atoms with E-state index >= 15 is 0 Å². The highest BCUT2D eigenvalue weighted by Crippen LogP contribution is 2.25. The van der Waals surface area contributed by atoms with Crippen molar-refractivity contribution in [1.29, 1.82) is 0 Å². The fourth-order valence-electron chi connectivity index (χ4n) is 3.08. The fourth-order valence-corrected chi connectivity index (χ4v) is 3.31. The molecule has 0 spiro atoms. The second-order valence-corrected chi connectivity index (χ2v) is 6.37. The Balaban J connectivity index is 1.66. The Morgan fingerprint density at radius 1 is 1.29 bits per heavy atom. The molecule has 116 valence electrons. The molecule has 0 radical (unpaired) electrons. The van der Waals surface area contributed by atoms with Crippen molar-refractivity contribution in [3.63, 3.8) is 0 Å². The van der Waals surface area contributed by atoms with Gasteiger partial charge in [0, 0.05) is 56.0 Å². The molecular weight excluding hydrogens is 286 g/mol. The van der Waals surface area contributed by atoms with Crippen LogP contribution in [0.2, 0.25) is 5.02 Å². The van der Waals surface area contributed by atoms with Crippen LogP contribution in [-0.4, -0.2) is 56.9 Å². The van der Waals surface area contributed by atoms with Crippen LogP contribution in [0.1, 0.15) is 12.5 Å². The monoisotopic (exact) mass is 309 g/mol. The molecule has 1 aromatic rings. The molecule has 2 heterocycles. The summed E-state index contributed by atoms with van der Waals surface area (Å²) in [6, 6.07) is 7.04.